The number of hydrogen-bond donors (Lipinski definition) is 0. The predicted molar refractivity (Wildman–Crippen MR) is 180 cm³/mol. The fourth-order valence-electron chi connectivity index (χ4n) is 5.14. The molecule has 0 aliphatic rings. The number of rotatable bonds is 17. The Bertz CT molecular complexity index is 1790. The Morgan fingerprint density at radius 3 is 1.71 bits per heavy atom. The van der Waals surface area contributed by atoms with E-state index in [1.54, 1.807) is 24.3 Å². The van der Waals surface area contributed by atoms with Gasteiger partial charge >= 0.3 is 18.3 Å². The summed E-state index contributed by atoms with van der Waals surface area (Å²) in [6.07, 6.45) is -6.05. The monoisotopic (exact) mass is 728 g/mol. The van der Waals surface area contributed by atoms with Crippen molar-refractivity contribution in [1.82, 2.24) is 0 Å². The topological polar surface area (TPSA) is 131 Å². The highest BCUT2D eigenvalue weighted by molar-refractivity contribution is 5.87. The number of alkyl halides is 5. The Balaban J connectivity index is 1.34. The summed E-state index contributed by atoms with van der Waals surface area (Å²) in [5.74, 6) is -0.737. The summed E-state index contributed by atoms with van der Waals surface area (Å²) in [5.41, 5.74) is 0.594. The molecule has 4 aromatic rings. The molecule has 10 nitrogen and oxygen atoms in total. The second-order valence-corrected chi connectivity index (χ2v) is 12.2. The molecule has 0 saturated heterocycles. The quantitative estimate of drug-likeness (QED) is 0.0263. The highest BCUT2D eigenvalue weighted by Crippen LogP contribution is 2.33. The third-order valence-corrected chi connectivity index (χ3v) is 7.72. The molecule has 0 saturated carbocycles. The van der Waals surface area contributed by atoms with Crippen molar-refractivity contribution in [1.29, 1.82) is 0 Å². The van der Waals surface area contributed by atoms with Gasteiger partial charge in [0.1, 0.15) is 11.5 Å². The van der Waals surface area contributed by atoms with Crippen LogP contribution in [0.15, 0.2) is 103 Å². The lowest BCUT2D eigenvalue weighted by Crippen LogP contribution is -2.30. The minimum absolute atomic E-state index is 0.0723. The van der Waals surface area contributed by atoms with E-state index in [4.69, 9.17) is 14.2 Å². The molecule has 0 bridgehead atoms. The van der Waals surface area contributed by atoms with Crippen LogP contribution in [0.5, 0.6) is 11.5 Å². The number of halogens is 5. The van der Waals surface area contributed by atoms with E-state index in [9.17, 15) is 47.0 Å². The molecule has 0 aromatic heterocycles. The van der Waals surface area contributed by atoms with E-state index < -0.39 is 45.5 Å². The summed E-state index contributed by atoms with van der Waals surface area (Å²) in [4.78, 5) is 33.8. The maximum absolute atomic E-state index is 14.8. The van der Waals surface area contributed by atoms with Crippen molar-refractivity contribution in [3.05, 3.63) is 146 Å². The minimum atomic E-state index is -4.31. The first-order chi connectivity index (χ1) is 24.5. The third-order valence-electron chi connectivity index (χ3n) is 7.72. The number of carbonyl (C=O) groups is 1. The number of nitro groups is 2. The smallest absolute Gasteiger partial charge is 0.426 e. The van der Waals surface area contributed by atoms with Crippen LogP contribution in [0.25, 0.3) is 6.08 Å². The average molecular weight is 729 g/mol. The molecule has 0 aliphatic carbocycles. The van der Waals surface area contributed by atoms with Crippen molar-refractivity contribution in [3.8, 4) is 11.5 Å². The first kappa shape index (κ1) is 38.9. The molecule has 15 heteroatoms. The van der Waals surface area contributed by atoms with Gasteiger partial charge in [-0.25, -0.2) is 4.79 Å². The Morgan fingerprint density at radius 1 is 0.731 bits per heavy atom. The maximum atomic E-state index is 14.8. The fraction of sp³-hybridized carbons (Fsp3) is 0.270. The molecule has 0 fully saturated rings. The van der Waals surface area contributed by atoms with Crippen molar-refractivity contribution in [2.24, 2.45) is 5.41 Å². The van der Waals surface area contributed by atoms with E-state index in [-0.39, 0.29) is 42.5 Å². The van der Waals surface area contributed by atoms with E-state index in [2.05, 4.69) is 0 Å². The largest absolute Gasteiger partial charge is 0.494 e. The second kappa shape index (κ2) is 16.9. The average Bonchev–Trinajstić information content (AvgIpc) is 3.09. The first-order valence-corrected chi connectivity index (χ1v) is 15.8. The summed E-state index contributed by atoms with van der Waals surface area (Å²) in [5, 5.41) is 22.1. The molecule has 0 atom stereocenters. The fourth-order valence-corrected chi connectivity index (χ4v) is 5.14. The lowest BCUT2D eigenvalue weighted by atomic mass is 9.79. The van der Waals surface area contributed by atoms with Crippen molar-refractivity contribution in [2.45, 2.75) is 44.9 Å². The van der Waals surface area contributed by atoms with Crippen LogP contribution >= 0.6 is 0 Å². The van der Waals surface area contributed by atoms with Crippen LogP contribution in [0.1, 0.15) is 42.0 Å². The molecule has 274 valence electrons. The van der Waals surface area contributed by atoms with Crippen molar-refractivity contribution >= 4 is 23.4 Å². The highest BCUT2D eigenvalue weighted by atomic mass is 19.4. The highest BCUT2D eigenvalue weighted by Gasteiger charge is 2.34. The molecule has 0 amide bonds. The number of esters is 1. The van der Waals surface area contributed by atoms with Gasteiger partial charge in [-0.05, 0) is 78.4 Å². The standard InChI is InChI=1S/C37H33F5N2O8/c1-35(23-27-3-12-30(13-4-27)43(46)47,24-28-5-14-31(15-6-28)44(48)49)25-51-34(45)20-9-26-7-16-33(17-8-26)52-37(41,42)29-10-18-32(19-11-29)50-22-2-21-36(38,39)40/h3-20H,2,21-25H2,1H3. The molecule has 0 aliphatic heterocycles. The van der Waals surface area contributed by atoms with Gasteiger partial charge in [0.15, 0.2) is 0 Å². The zero-order valence-electron chi connectivity index (χ0n) is 27.7. The number of non-ortho nitro benzene ring substituents is 2. The van der Waals surface area contributed by atoms with E-state index >= 15 is 0 Å². The van der Waals surface area contributed by atoms with E-state index in [1.165, 1.54) is 66.7 Å². The van der Waals surface area contributed by atoms with Gasteiger partial charge in [-0.1, -0.05) is 43.3 Å². The summed E-state index contributed by atoms with van der Waals surface area (Å²) in [6, 6.07) is 21.9. The second-order valence-electron chi connectivity index (χ2n) is 12.2. The van der Waals surface area contributed by atoms with Gasteiger partial charge in [0.2, 0.25) is 0 Å². The molecule has 4 aromatic carbocycles. The van der Waals surface area contributed by atoms with Crippen molar-refractivity contribution in [2.75, 3.05) is 13.2 Å². The van der Waals surface area contributed by atoms with E-state index in [0.29, 0.717) is 18.4 Å². The third kappa shape index (κ3) is 12.2. The maximum Gasteiger partial charge on any atom is 0.426 e. The van der Waals surface area contributed by atoms with Gasteiger partial charge < -0.3 is 14.2 Å². The number of nitro benzene ring substituents is 2. The zero-order valence-corrected chi connectivity index (χ0v) is 27.7. The Labute approximate surface area is 294 Å². The normalized spacial score (nSPS) is 12.0. The summed E-state index contributed by atoms with van der Waals surface area (Å²) in [6.45, 7) is 1.56. The SMILES string of the molecule is CC(COC(=O)C=Cc1ccc(OC(F)(F)c2ccc(OCCCC(F)(F)F)cc2)cc1)(Cc1ccc([N+](=O)[O-])cc1)Cc1ccc([N+](=O)[O-])cc1. The Kier molecular flexibility index (Phi) is 12.7. The van der Waals surface area contributed by atoms with Gasteiger partial charge in [-0.2, -0.15) is 22.0 Å². The molecule has 0 N–H and O–H groups in total. The van der Waals surface area contributed by atoms with Crippen LogP contribution in [-0.2, 0) is 28.5 Å². The number of ether oxygens (including phenoxy) is 3. The molecule has 0 radical (unpaired) electrons. The van der Waals surface area contributed by atoms with E-state index in [1.807, 2.05) is 6.92 Å². The van der Waals surface area contributed by atoms with Gasteiger partial charge in [-0.15, -0.1) is 0 Å². The number of benzene rings is 4. The summed E-state index contributed by atoms with van der Waals surface area (Å²) >= 11 is 0. The molecular formula is C37H33F5N2O8. The molecule has 0 spiro atoms. The van der Waals surface area contributed by atoms with Gasteiger partial charge in [0, 0.05) is 42.2 Å². The van der Waals surface area contributed by atoms with Gasteiger partial charge in [0.25, 0.3) is 11.4 Å². The van der Waals surface area contributed by atoms with Crippen LogP contribution in [0.2, 0.25) is 0 Å². The van der Waals surface area contributed by atoms with Crippen LogP contribution < -0.4 is 9.47 Å². The lowest BCUT2D eigenvalue weighted by molar-refractivity contribution is -0.385. The lowest BCUT2D eigenvalue weighted by Gasteiger charge is -2.29. The molecule has 0 heterocycles. The number of nitrogens with zero attached hydrogens (tertiary/aromatic N) is 2. The summed E-state index contributed by atoms with van der Waals surface area (Å²) in [7, 11) is 0. The zero-order chi connectivity index (χ0) is 37.9. The number of hydrogen-bond acceptors (Lipinski definition) is 8. The van der Waals surface area contributed by atoms with Crippen LogP contribution in [0, 0.1) is 25.6 Å². The Morgan fingerprint density at radius 2 is 1.23 bits per heavy atom. The molecule has 4 rings (SSSR count). The van der Waals surface area contributed by atoms with Crippen molar-refractivity contribution < 1.29 is 50.8 Å². The summed E-state index contributed by atoms with van der Waals surface area (Å²) < 4.78 is 82.0. The van der Waals surface area contributed by atoms with Gasteiger partial charge in [-0.3, -0.25) is 20.2 Å². The minimum Gasteiger partial charge on any atom is -0.494 e. The molecule has 0 unspecified atom stereocenters. The van der Waals surface area contributed by atoms with Crippen LogP contribution in [0.4, 0.5) is 33.3 Å². The Hall–Kier alpha value is -5.86. The van der Waals surface area contributed by atoms with E-state index in [0.717, 1.165) is 29.3 Å². The van der Waals surface area contributed by atoms with Crippen LogP contribution in [-0.4, -0.2) is 35.2 Å². The first-order valence-electron chi connectivity index (χ1n) is 15.8. The van der Waals surface area contributed by atoms with Crippen LogP contribution in [0.3, 0.4) is 0 Å². The number of carbonyl (C=O) groups excluding carboxylic acids is 1. The molecular weight excluding hydrogens is 695 g/mol. The van der Waals surface area contributed by atoms with Gasteiger partial charge in [0.05, 0.1) is 28.6 Å². The molecule has 52 heavy (non-hydrogen) atoms. The van der Waals surface area contributed by atoms with Crippen molar-refractivity contribution in [3.63, 3.8) is 0 Å². The predicted octanol–water partition coefficient (Wildman–Crippen LogP) is 9.40.